The Kier molecular flexibility index (Phi) is 836. The largest absolute Gasteiger partial charge is 0.103 e. The summed E-state index contributed by atoms with van der Waals surface area (Å²) in [5.41, 5.74) is 0. The average molecular weight is 176 g/mol. The van der Waals surface area contributed by atoms with Gasteiger partial charge in [-0.15, -0.1) is 6.58 Å². The summed E-state index contributed by atoms with van der Waals surface area (Å²) in [6, 6.07) is 0. The molecule has 0 amide bonds. The van der Waals surface area contributed by atoms with Crippen LogP contribution in [-0.2, 0) is 0 Å². The lowest BCUT2D eigenvalue weighted by molar-refractivity contribution is 1.23. The van der Waals surface area contributed by atoms with Gasteiger partial charge in [0.25, 0.3) is 0 Å². The first-order chi connectivity index (χ1) is 5.91. The van der Waals surface area contributed by atoms with Crippen LogP contribution < -0.4 is 0 Å². The first-order valence-corrected chi connectivity index (χ1v) is 5.52. The van der Waals surface area contributed by atoms with Crippen LogP contribution in [0.1, 0.15) is 68.7 Å². The Morgan fingerprint density at radius 1 is 0.750 bits per heavy atom. The predicted octanol–water partition coefficient (Wildman–Crippen LogP) is 5.69. The van der Waals surface area contributed by atoms with E-state index >= 15 is 0 Å². The van der Waals surface area contributed by atoms with Crippen LogP contribution in [0.5, 0.6) is 0 Å². The molecule has 0 heterocycles. The van der Waals surface area contributed by atoms with Crippen LogP contribution in [0.4, 0.5) is 0 Å². The molecule has 0 bridgehead atoms. The first-order valence-electron chi connectivity index (χ1n) is 5.52. The van der Waals surface area contributed by atoms with Crippen LogP contribution in [0, 0.1) is 0 Å². The van der Waals surface area contributed by atoms with Crippen LogP contribution in [0.25, 0.3) is 0 Å². The smallest absolute Gasteiger partial charge is 0.0382 e. The van der Waals surface area contributed by atoms with Gasteiger partial charge in [-0.05, 0) is 6.42 Å². The Hall–Kier alpha value is -0.260. The fourth-order valence-corrected chi connectivity index (χ4v) is 0. The summed E-state index contributed by atoms with van der Waals surface area (Å²) in [6.07, 6.45) is 2.96. The zero-order valence-electron chi connectivity index (χ0n) is 11.0. The molecular weight excluding hydrogens is 144 g/mol. The van der Waals surface area contributed by atoms with E-state index in [4.69, 9.17) is 0 Å². The highest BCUT2D eigenvalue weighted by atomic mass is 13.5. The minimum absolute atomic E-state index is 1.08. The minimum atomic E-state index is 1.08. The Bertz CT molecular complexity index is 14.0. The van der Waals surface area contributed by atoms with Crippen LogP contribution in [0.3, 0.4) is 0 Å². The zero-order valence-corrected chi connectivity index (χ0v) is 11.0. The number of hydrogen-bond acceptors (Lipinski definition) is 0. The Labute approximate surface area is 82.1 Å². The molecule has 0 N–H and O–H groups in total. The average Bonchev–Trinajstić information content (AvgIpc) is 2.29. The van der Waals surface area contributed by atoms with Gasteiger partial charge in [0.15, 0.2) is 0 Å². The topological polar surface area (TPSA) is 0 Å². The summed E-state index contributed by atoms with van der Waals surface area (Å²) in [4.78, 5) is 0. The molecule has 0 atom stereocenters. The molecule has 0 aliphatic rings. The van der Waals surface area contributed by atoms with Crippen molar-refractivity contribution in [2.24, 2.45) is 0 Å². The summed E-state index contributed by atoms with van der Waals surface area (Å²) in [5, 5.41) is 0. The van der Waals surface area contributed by atoms with Crippen molar-refractivity contribution in [3.05, 3.63) is 12.7 Å². The van der Waals surface area contributed by atoms with Gasteiger partial charge in [0, 0.05) is 0 Å². The minimum Gasteiger partial charge on any atom is -0.103 e. The summed E-state index contributed by atoms with van der Waals surface area (Å²) >= 11 is 0. The maximum Gasteiger partial charge on any atom is -0.0382 e. The molecule has 0 aliphatic carbocycles. The molecular formula is C12H32. The SMILES string of the molecule is C=CCC.CC.CC.CC.CC. The van der Waals surface area contributed by atoms with Gasteiger partial charge in [-0.25, -0.2) is 0 Å². The molecule has 0 saturated heterocycles. The van der Waals surface area contributed by atoms with E-state index < -0.39 is 0 Å². The van der Waals surface area contributed by atoms with E-state index in [1.807, 2.05) is 61.5 Å². The number of rotatable bonds is 1. The molecule has 0 aromatic rings. The summed E-state index contributed by atoms with van der Waals surface area (Å²) in [7, 11) is 0. The second kappa shape index (κ2) is 337. The molecule has 0 rings (SSSR count). The summed E-state index contributed by atoms with van der Waals surface area (Å²) in [6.45, 7) is 21.5. The molecule has 12 heavy (non-hydrogen) atoms. The second-order valence-corrected chi connectivity index (χ2v) is 0.697. The molecule has 0 radical (unpaired) electrons. The van der Waals surface area contributed by atoms with Crippen molar-refractivity contribution in [1.82, 2.24) is 0 Å². The third-order valence-corrected chi connectivity index (χ3v) is 0.289. The number of hydrogen-bond donors (Lipinski definition) is 0. The van der Waals surface area contributed by atoms with Crippen molar-refractivity contribution in [3.63, 3.8) is 0 Å². The van der Waals surface area contributed by atoms with Crippen molar-refractivity contribution >= 4 is 0 Å². The fourth-order valence-electron chi connectivity index (χ4n) is 0. The standard InChI is InChI=1S/C4H8.4C2H6/c1-3-4-2;4*1-2/h3H,1,4H2,2H3;4*1-2H3. The van der Waals surface area contributed by atoms with E-state index in [1.165, 1.54) is 0 Å². The van der Waals surface area contributed by atoms with Gasteiger partial charge in [0.1, 0.15) is 0 Å². The highest BCUT2D eigenvalue weighted by Gasteiger charge is 1.45. The van der Waals surface area contributed by atoms with Gasteiger partial charge in [-0.3, -0.25) is 0 Å². The van der Waals surface area contributed by atoms with Crippen molar-refractivity contribution < 1.29 is 0 Å². The lowest BCUT2D eigenvalue weighted by Gasteiger charge is -1.57. The lowest BCUT2D eigenvalue weighted by Crippen LogP contribution is -1.36. The monoisotopic (exact) mass is 176 g/mol. The normalized spacial score (nSPS) is 4.08. The van der Waals surface area contributed by atoms with E-state index in [-0.39, 0.29) is 0 Å². The first kappa shape index (κ1) is 29.8. The molecule has 0 aromatic carbocycles. The fraction of sp³-hybridized carbons (Fsp3) is 0.833. The molecule has 0 spiro atoms. The van der Waals surface area contributed by atoms with Crippen molar-refractivity contribution in [3.8, 4) is 0 Å². The highest BCUT2D eigenvalue weighted by molar-refractivity contribution is 4.60. The van der Waals surface area contributed by atoms with E-state index in [2.05, 4.69) is 13.5 Å². The van der Waals surface area contributed by atoms with Crippen molar-refractivity contribution in [2.75, 3.05) is 0 Å². The third-order valence-electron chi connectivity index (χ3n) is 0.289. The molecule has 0 aromatic heterocycles. The Morgan fingerprint density at radius 2 is 0.833 bits per heavy atom. The quantitative estimate of drug-likeness (QED) is 0.450. The van der Waals surface area contributed by atoms with Crippen LogP contribution in [0.2, 0.25) is 0 Å². The van der Waals surface area contributed by atoms with Gasteiger partial charge in [-0.2, -0.15) is 0 Å². The molecule has 80 valence electrons. The summed E-state index contributed by atoms with van der Waals surface area (Å²) in [5.74, 6) is 0. The molecule has 0 aliphatic heterocycles. The van der Waals surface area contributed by atoms with Gasteiger partial charge in [0.2, 0.25) is 0 Å². The number of allylic oxidation sites excluding steroid dienone is 1. The highest BCUT2D eigenvalue weighted by Crippen LogP contribution is 1.66. The maximum absolute atomic E-state index is 3.48. The molecule has 0 unspecified atom stereocenters. The Morgan fingerprint density at radius 3 is 0.833 bits per heavy atom. The van der Waals surface area contributed by atoms with Crippen molar-refractivity contribution in [2.45, 2.75) is 68.7 Å². The van der Waals surface area contributed by atoms with Gasteiger partial charge in [0.05, 0.1) is 0 Å². The molecule has 0 saturated carbocycles. The predicted molar refractivity (Wildman–Crippen MR) is 65.9 cm³/mol. The van der Waals surface area contributed by atoms with E-state index in [9.17, 15) is 0 Å². The zero-order chi connectivity index (χ0) is 11.4. The van der Waals surface area contributed by atoms with E-state index in [0.717, 1.165) is 6.42 Å². The van der Waals surface area contributed by atoms with Gasteiger partial charge < -0.3 is 0 Å². The van der Waals surface area contributed by atoms with Crippen LogP contribution in [0.15, 0.2) is 12.7 Å². The second-order valence-electron chi connectivity index (χ2n) is 0.697. The molecule has 0 heteroatoms. The van der Waals surface area contributed by atoms with Gasteiger partial charge >= 0.3 is 0 Å². The molecule has 0 nitrogen and oxygen atoms in total. The van der Waals surface area contributed by atoms with E-state index in [1.54, 1.807) is 0 Å². The van der Waals surface area contributed by atoms with E-state index in [0.29, 0.717) is 0 Å². The third kappa shape index (κ3) is 1360. The van der Waals surface area contributed by atoms with Crippen LogP contribution in [-0.4, -0.2) is 0 Å². The lowest BCUT2D eigenvalue weighted by atomic mass is 10.5. The van der Waals surface area contributed by atoms with Crippen molar-refractivity contribution in [1.29, 1.82) is 0 Å². The maximum atomic E-state index is 3.48. The van der Waals surface area contributed by atoms with Crippen LogP contribution >= 0.6 is 0 Å². The Balaban J connectivity index is -0.0000000181. The summed E-state index contributed by atoms with van der Waals surface area (Å²) < 4.78 is 0. The molecule has 0 fully saturated rings. The van der Waals surface area contributed by atoms with Gasteiger partial charge in [-0.1, -0.05) is 68.4 Å².